The molecule has 0 aliphatic carbocycles. The van der Waals surface area contributed by atoms with E-state index in [4.69, 9.17) is 11.6 Å². The van der Waals surface area contributed by atoms with Crippen molar-refractivity contribution in [2.45, 2.75) is 13.3 Å². The zero-order chi connectivity index (χ0) is 14.6. The number of nitrogens with one attached hydrogen (secondary N) is 1. The van der Waals surface area contributed by atoms with Gasteiger partial charge in [0.1, 0.15) is 0 Å². The molecule has 0 saturated heterocycles. The van der Waals surface area contributed by atoms with Crippen LogP contribution in [0.3, 0.4) is 0 Å². The van der Waals surface area contributed by atoms with Crippen LogP contribution in [-0.2, 0) is 16.4 Å². The van der Waals surface area contributed by atoms with Gasteiger partial charge >= 0.3 is 0 Å². The Labute approximate surface area is 123 Å². The summed E-state index contributed by atoms with van der Waals surface area (Å²) in [5.74, 6) is -0.0265. The van der Waals surface area contributed by atoms with Crippen molar-refractivity contribution < 1.29 is 8.42 Å². The number of pyridine rings is 2. The molecule has 0 aliphatic rings. The number of halogens is 1. The first kappa shape index (κ1) is 14.7. The van der Waals surface area contributed by atoms with Gasteiger partial charge in [-0.25, -0.2) is 13.4 Å². The second kappa shape index (κ2) is 6.19. The smallest absolute Gasteiger partial charge is 0.233 e. The van der Waals surface area contributed by atoms with Crippen molar-refractivity contribution in [3.63, 3.8) is 0 Å². The third-order valence-electron chi connectivity index (χ3n) is 2.65. The minimum Gasteiger partial charge on any atom is -0.280 e. The highest BCUT2D eigenvalue weighted by Crippen LogP contribution is 2.21. The lowest BCUT2D eigenvalue weighted by atomic mass is 10.2. The molecule has 106 valence electrons. The van der Waals surface area contributed by atoms with E-state index < -0.39 is 10.0 Å². The molecule has 1 N–H and O–H groups in total. The molecule has 2 heterocycles. The standard InChI is InChI=1S/C13H14ClN3O2S/c1-10-8-12(13(14)16-9-10)17-20(18,19)7-4-11-2-5-15-6-3-11/h2-3,5-6,8-9,17H,4,7H2,1H3. The number of aromatic nitrogens is 2. The van der Waals surface area contributed by atoms with Gasteiger partial charge in [0, 0.05) is 18.6 Å². The van der Waals surface area contributed by atoms with Gasteiger partial charge in [-0.2, -0.15) is 0 Å². The van der Waals surface area contributed by atoms with Gasteiger partial charge in [0.2, 0.25) is 10.0 Å². The number of rotatable bonds is 5. The fourth-order valence-corrected chi connectivity index (χ4v) is 2.95. The van der Waals surface area contributed by atoms with Crippen molar-refractivity contribution in [2.24, 2.45) is 0 Å². The van der Waals surface area contributed by atoms with Gasteiger partial charge in [-0.3, -0.25) is 9.71 Å². The minimum atomic E-state index is -3.47. The highest BCUT2D eigenvalue weighted by Gasteiger charge is 2.13. The maximum Gasteiger partial charge on any atom is 0.233 e. The van der Waals surface area contributed by atoms with E-state index in [-0.39, 0.29) is 10.9 Å². The first-order chi connectivity index (χ1) is 9.46. The molecule has 2 aromatic heterocycles. The lowest BCUT2D eigenvalue weighted by molar-refractivity contribution is 0.600. The van der Waals surface area contributed by atoms with Crippen LogP contribution in [0.4, 0.5) is 5.69 Å². The van der Waals surface area contributed by atoms with Gasteiger partial charge < -0.3 is 0 Å². The van der Waals surface area contributed by atoms with Crippen LogP contribution in [-0.4, -0.2) is 24.1 Å². The van der Waals surface area contributed by atoms with Crippen LogP contribution in [0.5, 0.6) is 0 Å². The molecule has 0 saturated carbocycles. The molecule has 0 bridgehead atoms. The van der Waals surface area contributed by atoms with E-state index in [0.717, 1.165) is 11.1 Å². The van der Waals surface area contributed by atoms with Gasteiger partial charge in [-0.1, -0.05) is 11.6 Å². The van der Waals surface area contributed by atoms with Gasteiger partial charge in [0.05, 0.1) is 11.4 Å². The second-order valence-electron chi connectivity index (χ2n) is 4.38. The first-order valence-corrected chi connectivity index (χ1v) is 8.01. The lowest BCUT2D eigenvalue weighted by Gasteiger charge is -2.09. The summed E-state index contributed by atoms with van der Waals surface area (Å²) in [5.41, 5.74) is 2.06. The quantitative estimate of drug-likeness (QED) is 0.861. The number of hydrogen-bond donors (Lipinski definition) is 1. The van der Waals surface area contributed by atoms with Crippen molar-refractivity contribution >= 4 is 27.3 Å². The molecular formula is C13H14ClN3O2S. The summed E-state index contributed by atoms with van der Waals surface area (Å²) in [4.78, 5) is 7.80. The molecule has 0 aromatic carbocycles. The summed E-state index contributed by atoms with van der Waals surface area (Å²) in [6.45, 7) is 1.82. The molecule has 2 aromatic rings. The van der Waals surface area contributed by atoms with Crippen molar-refractivity contribution in [1.29, 1.82) is 0 Å². The van der Waals surface area contributed by atoms with Crippen LogP contribution >= 0.6 is 11.6 Å². The van der Waals surface area contributed by atoms with Crippen molar-refractivity contribution in [1.82, 2.24) is 9.97 Å². The Bertz CT molecular complexity index is 690. The Morgan fingerprint density at radius 2 is 2.00 bits per heavy atom. The van der Waals surface area contributed by atoms with Gasteiger partial charge in [-0.15, -0.1) is 0 Å². The third-order valence-corrected chi connectivity index (χ3v) is 4.22. The maximum atomic E-state index is 12.0. The third kappa shape index (κ3) is 4.18. The SMILES string of the molecule is Cc1cnc(Cl)c(NS(=O)(=O)CCc2ccncc2)c1. The molecule has 7 heteroatoms. The fraction of sp³-hybridized carbons (Fsp3) is 0.231. The van der Waals surface area contributed by atoms with E-state index in [0.29, 0.717) is 12.1 Å². The Morgan fingerprint density at radius 1 is 1.30 bits per heavy atom. The number of nitrogens with zero attached hydrogens (tertiary/aromatic N) is 2. The van der Waals surface area contributed by atoms with Crippen LogP contribution in [0.2, 0.25) is 5.15 Å². The number of anilines is 1. The summed E-state index contributed by atoms with van der Waals surface area (Å²) >= 11 is 5.87. The average molecular weight is 312 g/mol. The Morgan fingerprint density at radius 3 is 2.70 bits per heavy atom. The first-order valence-electron chi connectivity index (χ1n) is 5.98. The largest absolute Gasteiger partial charge is 0.280 e. The fourth-order valence-electron chi connectivity index (χ4n) is 1.64. The molecule has 0 amide bonds. The second-order valence-corrected chi connectivity index (χ2v) is 6.58. The summed E-state index contributed by atoms with van der Waals surface area (Å²) in [7, 11) is -3.47. The predicted molar refractivity (Wildman–Crippen MR) is 79.3 cm³/mol. The average Bonchev–Trinajstić information content (AvgIpc) is 2.42. The molecule has 0 radical (unpaired) electrons. The van der Waals surface area contributed by atoms with E-state index >= 15 is 0 Å². The topological polar surface area (TPSA) is 72.0 Å². The highest BCUT2D eigenvalue weighted by molar-refractivity contribution is 7.92. The molecule has 0 atom stereocenters. The Kier molecular flexibility index (Phi) is 4.57. The van der Waals surface area contributed by atoms with Crippen LogP contribution in [0, 0.1) is 6.92 Å². The summed E-state index contributed by atoms with van der Waals surface area (Å²) in [6, 6.07) is 5.23. The van der Waals surface area contributed by atoms with E-state index in [1.54, 1.807) is 36.8 Å². The molecule has 0 fully saturated rings. The van der Waals surface area contributed by atoms with Crippen LogP contribution in [0.1, 0.15) is 11.1 Å². The molecule has 0 aliphatic heterocycles. The van der Waals surface area contributed by atoms with Crippen LogP contribution < -0.4 is 4.72 Å². The zero-order valence-corrected chi connectivity index (χ0v) is 12.4. The van der Waals surface area contributed by atoms with Crippen molar-refractivity contribution in [3.8, 4) is 0 Å². The molecule has 5 nitrogen and oxygen atoms in total. The van der Waals surface area contributed by atoms with E-state index in [9.17, 15) is 8.42 Å². The molecular weight excluding hydrogens is 298 g/mol. The summed E-state index contributed by atoms with van der Waals surface area (Å²) < 4.78 is 26.5. The van der Waals surface area contributed by atoms with E-state index in [2.05, 4.69) is 14.7 Å². The Balaban J connectivity index is 2.06. The highest BCUT2D eigenvalue weighted by atomic mass is 35.5. The molecule has 2 rings (SSSR count). The maximum absolute atomic E-state index is 12.0. The van der Waals surface area contributed by atoms with Gasteiger partial charge in [0.15, 0.2) is 5.15 Å². The van der Waals surface area contributed by atoms with Crippen molar-refractivity contribution in [2.75, 3.05) is 10.5 Å². The predicted octanol–water partition coefficient (Wildman–Crippen LogP) is 2.42. The van der Waals surface area contributed by atoms with Crippen LogP contribution in [0.15, 0.2) is 36.8 Å². The van der Waals surface area contributed by atoms with E-state index in [1.807, 2.05) is 6.92 Å². The number of aryl methyl sites for hydroxylation is 2. The van der Waals surface area contributed by atoms with E-state index in [1.165, 1.54) is 0 Å². The van der Waals surface area contributed by atoms with Gasteiger partial charge in [-0.05, 0) is 42.7 Å². The molecule has 20 heavy (non-hydrogen) atoms. The Hall–Kier alpha value is -1.66. The monoisotopic (exact) mass is 311 g/mol. The van der Waals surface area contributed by atoms with Crippen molar-refractivity contribution in [3.05, 3.63) is 53.1 Å². The number of sulfonamides is 1. The normalized spacial score (nSPS) is 11.3. The van der Waals surface area contributed by atoms with Crippen LogP contribution in [0.25, 0.3) is 0 Å². The summed E-state index contributed by atoms with van der Waals surface area (Å²) in [5, 5.41) is 0.142. The minimum absolute atomic E-state index is 0.0265. The molecule has 0 unspecified atom stereocenters. The number of hydrogen-bond acceptors (Lipinski definition) is 4. The lowest BCUT2D eigenvalue weighted by Crippen LogP contribution is -2.18. The molecule has 0 spiro atoms. The summed E-state index contributed by atoms with van der Waals surface area (Å²) in [6.07, 6.45) is 5.26. The zero-order valence-electron chi connectivity index (χ0n) is 10.9. The van der Waals surface area contributed by atoms with Gasteiger partial charge in [0.25, 0.3) is 0 Å².